The second-order valence-corrected chi connectivity index (χ2v) is 8.63. The van der Waals surface area contributed by atoms with Crippen molar-refractivity contribution in [3.63, 3.8) is 0 Å². The zero-order valence-corrected chi connectivity index (χ0v) is 18.2. The molecule has 3 rings (SSSR count). The van der Waals surface area contributed by atoms with Crippen LogP contribution >= 0.6 is 11.6 Å². The summed E-state index contributed by atoms with van der Waals surface area (Å²) in [4.78, 5) is 0. The molecule has 2 aromatic carbocycles. The number of hydrogen-bond donors (Lipinski definition) is 3. The number of rotatable bonds is 9. The van der Waals surface area contributed by atoms with E-state index in [4.69, 9.17) is 16.7 Å². The van der Waals surface area contributed by atoms with Crippen molar-refractivity contribution in [1.29, 1.82) is 0 Å². The molecule has 158 valence electrons. The number of aliphatic hydroxyl groups excluding tert-OH is 1. The minimum absolute atomic E-state index is 0.150. The van der Waals surface area contributed by atoms with Crippen LogP contribution in [0.1, 0.15) is 56.6 Å². The largest absolute Gasteiger partial charge is 0.396 e. The van der Waals surface area contributed by atoms with Crippen molar-refractivity contribution in [2.45, 2.75) is 57.5 Å². The lowest BCUT2D eigenvalue weighted by molar-refractivity contribution is -0.0423. The number of hydrogen-bond acceptors (Lipinski definition) is 3. The van der Waals surface area contributed by atoms with Crippen molar-refractivity contribution >= 4 is 11.6 Å². The average molecular weight is 416 g/mol. The van der Waals surface area contributed by atoms with Gasteiger partial charge in [0.15, 0.2) is 0 Å². The molecule has 0 radical (unpaired) electrons. The molecular formula is C25H34ClNO2. The van der Waals surface area contributed by atoms with E-state index < -0.39 is 5.60 Å². The van der Waals surface area contributed by atoms with Crippen molar-refractivity contribution in [2.24, 2.45) is 5.92 Å². The zero-order valence-electron chi connectivity index (χ0n) is 17.5. The van der Waals surface area contributed by atoms with E-state index in [1.807, 2.05) is 12.1 Å². The maximum absolute atomic E-state index is 12.1. The number of benzene rings is 2. The summed E-state index contributed by atoms with van der Waals surface area (Å²) in [6.07, 6.45) is 6.30. The van der Waals surface area contributed by atoms with Gasteiger partial charge in [-0.25, -0.2) is 0 Å². The Bertz CT molecular complexity index is 788. The van der Waals surface area contributed by atoms with Crippen LogP contribution in [0, 0.1) is 5.92 Å². The van der Waals surface area contributed by atoms with Crippen LogP contribution in [0.15, 0.2) is 42.5 Å². The number of unbranched alkanes of at least 4 members (excludes halogenated alkanes) is 2. The summed E-state index contributed by atoms with van der Waals surface area (Å²) in [5, 5.41) is 25.4. The van der Waals surface area contributed by atoms with Crippen molar-refractivity contribution < 1.29 is 10.2 Å². The van der Waals surface area contributed by atoms with Crippen molar-refractivity contribution in [1.82, 2.24) is 5.32 Å². The second-order valence-electron chi connectivity index (χ2n) is 8.22. The second kappa shape index (κ2) is 10.6. The van der Waals surface area contributed by atoms with E-state index in [2.05, 4.69) is 42.6 Å². The quantitative estimate of drug-likeness (QED) is 0.486. The Morgan fingerprint density at radius 2 is 1.97 bits per heavy atom. The average Bonchev–Trinajstić information content (AvgIpc) is 2.77. The fourth-order valence-electron chi connectivity index (χ4n) is 4.63. The first-order chi connectivity index (χ1) is 14.1. The van der Waals surface area contributed by atoms with E-state index in [0.717, 1.165) is 68.3 Å². The van der Waals surface area contributed by atoms with E-state index in [9.17, 15) is 5.11 Å². The van der Waals surface area contributed by atoms with Gasteiger partial charge in [0.25, 0.3) is 0 Å². The number of halogens is 1. The van der Waals surface area contributed by atoms with Gasteiger partial charge in [-0.15, -0.1) is 0 Å². The fourth-order valence-corrected chi connectivity index (χ4v) is 4.91. The predicted molar refractivity (Wildman–Crippen MR) is 121 cm³/mol. The number of piperidine rings is 1. The molecule has 3 N–H and O–H groups in total. The molecule has 2 atom stereocenters. The molecule has 1 aliphatic rings. The lowest BCUT2D eigenvalue weighted by Gasteiger charge is -2.41. The summed E-state index contributed by atoms with van der Waals surface area (Å²) in [5.74, 6) is 0.150. The van der Waals surface area contributed by atoms with E-state index in [1.165, 1.54) is 5.56 Å². The molecule has 0 saturated carbocycles. The molecule has 0 aliphatic carbocycles. The normalized spacial score (nSPS) is 19.1. The van der Waals surface area contributed by atoms with Gasteiger partial charge in [0.1, 0.15) is 0 Å². The highest BCUT2D eigenvalue weighted by atomic mass is 35.5. The Morgan fingerprint density at radius 1 is 1.14 bits per heavy atom. The maximum Gasteiger partial charge on any atom is 0.0943 e. The number of nitrogens with one attached hydrogen (secondary N) is 1. The highest BCUT2D eigenvalue weighted by Gasteiger charge is 2.40. The van der Waals surface area contributed by atoms with Crippen LogP contribution in [0.2, 0.25) is 5.02 Å². The molecule has 2 aromatic rings. The molecule has 2 unspecified atom stereocenters. The Morgan fingerprint density at radius 3 is 2.69 bits per heavy atom. The molecule has 1 saturated heterocycles. The monoisotopic (exact) mass is 415 g/mol. The first-order valence-corrected chi connectivity index (χ1v) is 11.4. The number of aliphatic hydroxyl groups is 2. The van der Waals surface area contributed by atoms with Crippen LogP contribution in [-0.4, -0.2) is 29.9 Å². The van der Waals surface area contributed by atoms with Gasteiger partial charge in [0.2, 0.25) is 0 Å². The minimum Gasteiger partial charge on any atom is -0.396 e. The van der Waals surface area contributed by atoms with E-state index in [0.29, 0.717) is 11.4 Å². The molecule has 1 aliphatic heterocycles. The Hall–Kier alpha value is -1.39. The Balaban J connectivity index is 2.05. The van der Waals surface area contributed by atoms with Gasteiger partial charge in [-0.05, 0) is 61.4 Å². The summed E-state index contributed by atoms with van der Waals surface area (Å²) in [5.41, 5.74) is 3.29. The summed E-state index contributed by atoms with van der Waals surface area (Å²) in [7, 11) is 0. The molecule has 0 aromatic heterocycles. The predicted octanol–water partition coefficient (Wildman–Crippen LogP) is 5.31. The third-order valence-corrected chi connectivity index (χ3v) is 6.61. The lowest BCUT2D eigenvalue weighted by Crippen LogP contribution is -2.44. The maximum atomic E-state index is 12.1. The van der Waals surface area contributed by atoms with Gasteiger partial charge >= 0.3 is 0 Å². The molecule has 0 bridgehead atoms. The first kappa shape index (κ1) is 22.3. The number of aryl methyl sites for hydroxylation is 1. The fraction of sp³-hybridized carbons (Fsp3) is 0.520. The Labute approximate surface area is 180 Å². The highest BCUT2D eigenvalue weighted by molar-refractivity contribution is 6.33. The molecule has 0 spiro atoms. The SMILES string of the molecule is CCc1cccc(-c2c(Cl)cccc2C(O)(CCCCCO)C2CCCNC2)c1. The molecule has 1 heterocycles. The van der Waals surface area contributed by atoms with Crippen LogP contribution in [0.25, 0.3) is 11.1 Å². The first-order valence-electron chi connectivity index (χ1n) is 11.0. The minimum atomic E-state index is -0.939. The van der Waals surface area contributed by atoms with Crippen LogP contribution in [0.3, 0.4) is 0 Å². The van der Waals surface area contributed by atoms with Gasteiger partial charge in [-0.1, -0.05) is 67.8 Å². The molecule has 29 heavy (non-hydrogen) atoms. The van der Waals surface area contributed by atoms with Crippen molar-refractivity contribution in [2.75, 3.05) is 19.7 Å². The summed E-state index contributed by atoms with van der Waals surface area (Å²) in [6.45, 7) is 4.18. The molecule has 4 heteroatoms. The van der Waals surface area contributed by atoms with Gasteiger partial charge in [-0.3, -0.25) is 0 Å². The molecule has 0 amide bonds. The summed E-state index contributed by atoms with van der Waals surface area (Å²) >= 11 is 6.73. The van der Waals surface area contributed by atoms with Gasteiger partial charge in [-0.2, -0.15) is 0 Å². The molecule has 3 nitrogen and oxygen atoms in total. The van der Waals surface area contributed by atoms with Crippen molar-refractivity contribution in [3.8, 4) is 11.1 Å². The standard InChI is InChI=1S/C25H34ClNO2/c1-2-19-9-6-10-20(17-19)24-22(12-7-13-23(24)26)25(29,14-4-3-5-16-28)21-11-8-15-27-18-21/h6-7,9-10,12-13,17,21,27-29H,2-5,8,11,14-16,18H2,1H3. The van der Waals surface area contributed by atoms with Crippen LogP contribution < -0.4 is 5.32 Å². The van der Waals surface area contributed by atoms with Gasteiger partial charge in [0, 0.05) is 29.7 Å². The zero-order chi connectivity index (χ0) is 20.7. The lowest BCUT2D eigenvalue weighted by atomic mass is 9.72. The Kier molecular flexibility index (Phi) is 8.14. The van der Waals surface area contributed by atoms with E-state index in [1.54, 1.807) is 0 Å². The molecule has 1 fully saturated rings. The highest BCUT2D eigenvalue weighted by Crippen LogP contribution is 2.45. The van der Waals surface area contributed by atoms with Gasteiger partial charge < -0.3 is 15.5 Å². The third-order valence-electron chi connectivity index (χ3n) is 6.29. The summed E-state index contributed by atoms with van der Waals surface area (Å²) < 4.78 is 0. The topological polar surface area (TPSA) is 52.5 Å². The van der Waals surface area contributed by atoms with Crippen LogP contribution in [-0.2, 0) is 12.0 Å². The smallest absolute Gasteiger partial charge is 0.0943 e. The third kappa shape index (κ3) is 5.21. The summed E-state index contributed by atoms with van der Waals surface area (Å²) in [6, 6.07) is 14.4. The van der Waals surface area contributed by atoms with Crippen LogP contribution in [0.5, 0.6) is 0 Å². The molecular weight excluding hydrogens is 382 g/mol. The van der Waals surface area contributed by atoms with E-state index >= 15 is 0 Å². The van der Waals surface area contributed by atoms with Gasteiger partial charge in [0.05, 0.1) is 5.60 Å². The van der Waals surface area contributed by atoms with Crippen molar-refractivity contribution in [3.05, 3.63) is 58.6 Å². The van der Waals surface area contributed by atoms with E-state index in [-0.39, 0.29) is 12.5 Å². The van der Waals surface area contributed by atoms with Crippen LogP contribution in [0.4, 0.5) is 0 Å².